The molecule has 0 aliphatic heterocycles. The minimum Gasteiger partial charge on any atom is -0.503 e. The number of pyridine rings is 1. The second-order valence-corrected chi connectivity index (χ2v) is 4.75. The van der Waals surface area contributed by atoms with Crippen LogP contribution in [0.4, 0.5) is 0 Å². The Kier molecular flexibility index (Phi) is 4.53. The minimum absolute atomic E-state index is 0.0995. The Labute approximate surface area is 107 Å². The molecule has 1 aliphatic rings. The molecule has 0 atom stereocenters. The third-order valence-corrected chi connectivity index (χ3v) is 2.78. The van der Waals surface area contributed by atoms with Crippen LogP contribution in [0.1, 0.15) is 30.3 Å². The Bertz CT molecular complexity index is 488. The number of hydrogen-bond donors (Lipinski definition) is 1. The fourth-order valence-electron chi connectivity index (χ4n) is 1.78. The van der Waals surface area contributed by atoms with Gasteiger partial charge in [0.2, 0.25) is 11.8 Å². The van der Waals surface area contributed by atoms with Crippen molar-refractivity contribution in [2.75, 3.05) is 14.1 Å². The van der Waals surface area contributed by atoms with Gasteiger partial charge in [0.1, 0.15) is 0 Å². The topological polar surface area (TPSA) is 62.5 Å². The van der Waals surface area contributed by atoms with Crippen LogP contribution < -0.4 is 5.43 Å². The molecule has 0 radical (unpaired) electrons. The molecule has 18 heavy (non-hydrogen) atoms. The third-order valence-electron chi connectivity index (χ3n) is 2.78. The molecule has 1 saturated carbocycles. The first-order valence-corrected chi connectivity index (χ1v) is 5.92. The average molecular weight is 252 g/mol. The molecule has 100 valence electrons. The lowest BCUT2D eigenvalue weighted by atomic mass is 10.2. The number of rotatable bonds is 2. The molecule has 1 aromatic rings. The normalized spacial score (nSPS) is 13.6. The Balaban J connectivity index is 0.000000280. The van der Waals surface area contributed by atoms with Gasteiger partial charge in [0.15, 0.2) is 5.75 Å². The van der Waals surface area contributed by atoms with Crippen LogP contribution in [0.5, 0.6) is 5.75 Å². The smallest absolute Gasteiger partial charge is 0.223 e. The van der Waals surface area contributed by atoms with Crippen LogP contribution >= 0.6 is 0 Å². The van der Waals surface area contributed by atoms with Crippen LogP contribution in [0.3, 0.4) is 0 Å². The maximum Gasteiger partial charge on any atom is 0.223 e. The Morgan fingerprint density at radius 1 is 1.39 bits per heavy atom. The molecule has 1 aliphatic carbocycles. The van der Waals surface area contributed by atoms with Crippen LogP contribution in [0.2, 0.25) is 0 Å². The highest BCUT2D eigenvalue weighted by atomic mass is 16.3. The molecule has 0 saturated heterocycles. The lowest BCUT2D eigenvalue weighted by molar-refractivity contribution is -0.115. The van der Waals surface area contributed by atoms with Gasteiger partial charge < -0.3 is 14.6 Å². The van der Waals surface area contributed by atoms with E-state index in [0.717, 1.165) is 24.9 Å². The Hall–Kier alpha value is -1.78. The van der Waals surface area contributed by atoms with Gasteiger partial charge in [-0.3, -0.25) is 9.59 Å². The van der Waals surface area contributed by atoms with Crippen LogP contribution in [0.25, 0.3) is 0 Å². The average Bonchev–Trinajstić information content (AvgIpc) is 3.11. The molecule has 1 amide bonds. The Morgan fingerprint density at radius 2 is 1.89 bits per heavy atom. The number of aromatic hydroxyl groups is 1. The fraction of sp³-hybridized carbons (Fsp3) is 0.538. The monoisotopic (exact) mass is 252 g/mol. The van der Waals surface area contributed by atoms with Gasteiger partial charge in [0.25, 0.3) is 0 Å². The zero-order valence-corrected chi connectivity index (χ0v) is 11.3. The van der Waals surface area contributed by atoms with Crippen LogP contribution in [0, 0.1) is 13.8 Å². The van der Waals surface area contributed by atoms with E-state index in [1.54, 1.807) is 21.0 Å². The number of aromatic nitrogens is 1. The first-order valence-electron chi connectivity index (χ1n) is 5.92. The van der Waals surface area contributed by atoms with E-state index in [1.165, 1.54) is 11.0 Å². The molecular weight excluding hydrogens is 232 g/mol. The highest BCUT2D eigenvalue weighted by molar-refractivity contribution is 5.45. The molecule has 1 heterocycles. The van der Waals surface area contributed by atoms with Crippen molar-refractivity contribution in [1.29, 1.82) is 0 Å². The summed E-state index contributed by atoms with van der Waals surface area (Å²) < 4.78 is 2.05. The fourth-order valence-corrected chi connectivity index (χ4v) is 1.78. The van der Waals surface area contributed by atoms with Crippen molar-refractivity contribution in [1.82, 2.24) is 9.47 Å². The van der Waals surface area contributed by atoms with E-state index in [-0.39, 0.29) is 11.2 Å². The van der Waals surface area contributed by atoms with Crippen LogP contribution in [-0.4, -0.2) is 35.1 Å². The maximum absolute atomic E-state index is 11.2. The molecule has 1 fully saturated rings. The van der Waals surface area contributed by atoms with Crippen molar-refractivity contribution < 1.29 is 9.90 Å². The molecule has 0 aromatic carbocycles. The summed E-state index contributed by atoms with van der Waals surface area (Å²) in [6.07, 6.45) is 3.06. The molecule has 2 rings (SSSR count). The Morgan fingerprint density at radius 3 is 2.28 bits per heavy atom. The van der Waals surface area contributed by atoms with E-state index in [2.05, 4.69) is 4.57 Å². The number of carbonyl (C=O) groups excluding carboxylic acids is 1. The van der Waals surface area contributed by atoms with Crippen molar-refractivity contribution >= 4 is 6.41 Å². The summed E-state index contributed by atoms with van der Waals surface area (Å²) in [5.41, 5.74) is 1.38. The predicted octanol–water partition coefficient (Wildman–Crippen LogP) is 1.21. The van der Waals surface area contributed by atoms with Gasteiger partial charge in [0.05, 0.1) is 5.69 Å². The molecule has 1 N–H and O–H groups in total. The molecule has 0 unspecified atom stereocenters. The summed E-state index contributed by atoms with van der Waals surface area (Å²) in [6, 6.07) is 2.01. The van der Waals surface area contributed by atoms with Crippen molar-refractivity contribution in [2.24, 2.45) is 0 Å². The molecular formula is C13H20N2O3. The highest BCUT2D eigenvalue weighted by Crippen LogP contribution is 2.37. The molecule has 0 spiro atoms. The summed E-state index contributed by atoms with van der Waals surface area (Å²) in [4.78, 5) is 22.1. The van der Waals surface area contributed by atoms with E-state index in [9.17, 15) is 14.7 Å². The standard InChI is InChI=1S/C10H13NO2.C3H7NO/c1-6-5-9(12)10(13)7(2)11(6)8-3-4-8;1-4(2)3-5/h5,8,13H,3-4H2,1-2H3;3H,1-2H3. The van der Waals surface area contributed by atoms with Gasteiger partial charge in [-0.1, -0.05) is 0 Å². The number of hydrogen-bond acceptors (Lipinski definition) is 3. The van der Waals surface area contributed by atoms with Crippen molar-refractivity contribution in [2.45, 2.75) is 32.7 Å². The summed E-state index contributed by atoms with van der Waals surface area (Å²) >= 11 is 0. The second-order valence-electron chi connectivity index (χ2n) is 4.75. The summed E-state index contributed by atoms with van der Waals surface area (Å²) in [6.45, 7) is 3.70. The quantitative estimate of drug-likeness (QED) is 0.805. The van der Waals surface area contributed by atoms with E-state index < -0.39 is 0 Å². The zero-order valence-electron chi connectivity index (χ0n) is 11.3. The molecule has 1 aromatic heterocycles. The van der Waals surface area contributed by atoms with E-state index in [1.807, 2.05) is 6.92 Å². The van der Waals surface area contributed by atoms with Gasteiger partial charge in [-0.25, -0.2) is 0 Å². The summed E-state index contributed by atoms with van der Waals surface area (Å²) in [7, 11) is 3.38. The van der Waals surface area contributed by atoms with Gasteiger partial charge in [-0.15, -0.1) is 0 Å². The number of carbonyl (C=O) groups is 1. The number of nitrogens with zero attached hydrogens (tertiary/aromatic N) is 2. The van der Waals surface area contributed by atoms with E-state index in [4.69, 9.17) is 0 Å². The van der Waals surface area contributed by atoms with Crippen molar-refractivity contribution in [3.8, 4) is 5.75 Å². The largest absolute Gasteiger partial charge is 0.503 e. The molecule has 0 bridgehead atoms. The lowest BCUT2D eigenvalue weighted by Crippen LogP contribution is -2.12. The molecule has 5 nitrogen and oxygen atoms in total. The second kappa shape index (κ2) is 5.71. The maximum atomic E-state index is 11.2. The summed E-state index contributed by atoms with van der Waals surface area (Å²) in [5, 5.41) is 9.45. The number of amides is 1. The molecule has 5 heteroatoms. The lowest BCUT2D eigenvalue weighted by Gasteiger charge is -2.13. The van der Waals surface area contributed by atoms with Gasteiger partial charge in [-0.05, 0) is 26.7 Å². The number of aryl methyl sites for hydroxylation is 1. The van der Waals surface area contributed by atoms with Gasteiger partial charge in [-0.2, -0.15) is 0 Å². The van der Waals surface area contributed by atoms with Gasteiger partial charge >= 0.3 is 0 Å². The predicted molar refractivity (Wildman–Crippen MR) is 69.9 cm³/mol. The van der Waals surface area contributed by atoms with E-state index in [0.29, 0.717) is 11.7 Å². The first-order chi connectivity index (χ1) is 8.38. The van der Waals surface area contributed by atoms with Crippen molar-refractivity contribution in [3.63, 3.8) is 0 Å². The van der Waals surface area contributed by atoms with E-state index >= 15 is 0 Å². The first kappa shape index (κ1) is 14.3. The van der Waals surface area contributed by atoms with Gasteiger partial charge in [0, 0.05) is 31.9 Å². The SMILES string of the molecule is CN(C)C=O.Cc1cc(=O)c(O)c(C)n1C1CC1. The summed E-state index contributed by atoms with van der Waals surface area (Å²) in [5.74, 6) is -0.0995. The minimum atomic E-state index is -0.271. The highest BCUT2D eigenvalue weighted by Gasteiger charge is 2.26. The van der Waals surface area contributed by atoms with Crippen LogP contribution in [0.15, 0.2) is 10.9 Å². The van der Waals surface area contributed by atoms with Crippen molar-refractivity contribution in [3.05, 3.63) is 27.7 Å². The third kappa shape index (κ3) is 3.35. The van der Waals surface area contributed by atoms with Crippen LogP contribution in [-0.2, 0) is 4.79 Å². The zero-order chi connectivity index (χ0) is 13.9.